The van der Waals surface area contributed by atoms with E-state index in [1.165, 1.54) is 11.3 Å². The Morgan fingerprint density at radius 3 is 2.70 bits per heavy atom. The van der Waals surface area contributed by atoms with Crippen LogP contribution in [0.5, 0.6) is 0 Å². The lowest BCUT2D eigenvalue weighted by Crippen LogP contribution is -2.43. The van der Waals surface area contributed by atoms with E-state index in [1.54, 1.807) is 17.2 Å². The molecule has 2 amide bonds. The highest BCUT2D eigenvalue weighted by Gasteiger charge is 2.30. The van der Waals surface area contributed by atoms with E-state index in [2.05, 4.69) is 15.4 Å². The Morgan fingerprint density at radius 1 is 1.12 bits per heavy atom. The van der Waals surface area contributed by atoms with Crippen molar-refractivity contribution in [3.05, 3.63) is 70.9 Å². The number of aryl methyl sites for hydroxylation is 2. The van der Waals surface area contributed by atoms with E-state index < -0.39 is 0 Å². The average Bonchev–Trinajstić information content (AvgIpc) is 3.41. The predicted octanol–water partition coefficient (Wildman–Crippen LogP) is 4.59. The third-order valence-corrected chi connectivity index (χ3v) is 7.10. The highest BCUT2D eigenvalue weighted by molar-refractivity contribution is 7.20. The van der Waals surface area contributed by atoms with E-state index in [0.717, 1.165) is 40.0 Å². The van der Waals surface area contributed by atoms with E-state index in [4.69, 9.17) is 0 Å². The Morgan fingerprint density at radius 2 is 1.94 bits per heavy atom. The number of aromatic nitrogens is 3. The maximum absolute atomic E-state index is 13.4. The maximum atomic E-state index is 13.4. The van der Waals surface area contributed by atoms with Crippen molar-refractivity contribution in [1.29, 1.82) is 0 Å². The molecule has 0 radical (unpaired) electrons. The van der Waals surface area contributed by atoms with Crippen LogP contribution < -0.4 is 5.32 Å². The molecule has 5 rings (SSSR count). The third kappa shape index (κ3) is 4.26. The number of hydrogen-bond donors (Lipinski definition) is 1. The lowest BCUT2D eigenvalue weighted by Gasteiger charge is -2.31. The molecular weight excluding hydrogens is 434 g/mol. The summed E-state index contributed by atoms with van der Waals surface area (Å²) < 4.78 is 1.90. The lowest BCUT2D eigenvalue weighted by atomic mass is 9.97. The molecule has 3 aromatic heterocycles. The van der Waals surface area contributed by atoms with Gasteiger partial charge in [0.2, 0.25) is 5.91 Å². The van der Waals surface area contributed by atoms with Crippen molar-refractivity contribution in [2.24, 2.45) is 5.92 Å². The summed E-state index contributed by atoms with van der Waals surface area (Å²) in [5.74, 6) is 0.179. The fourth-order valence-corrected chi connectivity index (χ4v) is 5.35. The van der Waals surface area contributed by atoms with Gasteiger partial charge in [0.05, 0.1) is 22.2 Å². The molecule has 4 aromatic rings. The Labute approximate surface area is 196 Å². The van der Waals surface area contributed by atoms with Gasteiger partial charge < -0.3 is 10.2 Å². The molecule has 168 valence electrons. The quantitative estimate of drug-likeness (QED) is 0.484. The van der Waals surface area contributed by atoms with Crippen molar-refractivity contribution in [3.8, 4) is 5.69 Å². The van der Waals surface area contributed by atoms with Crippen molar-refractivity contribution >= 4 is 39.2 Å². The summed E-state index contributed by atoms with van der Waals surface area (Å²) in [6, 6.07) is 15.6. The van der Waals surface area contributed by atoms with Crippen molar-refractivity contribution in [2.45, 2.75) is 26.7 Å². The van der Waals surface area contributed by atoms with E-state index in [0.29, 0.717) is 23.8 Å². The monoisotopic (exact) mass is 459 g/mol. The molecule has 1 aliphatic heterocycles. The second kappa shape index (κ2) is 8.78. The molecule has 0 saturated carbocycles. The first-order chi connectivity index (χ1) is 16.0. The molecule has 1 unspecified atom stereocenters. The Balaban J connectivity index is 1.33. The van der Waals surface area contributed by atoms with E-state index in [9.17, 15) is 9.59 Å². The molecule has 8 heteroatoms. The fraction of sp³-hybridized carbons (Fsp3) is 0.280. The largest absolute Gasteiger partial charge is 0.337 e. The Bertz CT molecular complexity index is 1310. The van der Waals surface area contributed by atoms with Gasteiger partial charge >= 0.3 is 0 Å². The maximum Gasteiger partial charge on any atom is 0.264 e. The first kappa shape index (κ1) is 21.3. The number of rotatable bonds is 4. The molecule has 1 aliphatic rings. The number of nitrogens with zero attached hydrogens (tertiary/aromatic N) is 4. The molecule has 7 nitrogen and oxygen atoms in total. The highest BCUT2D eigenvalue weighted by atomic mass is 32.1. The minimum atomic E-state index is -0.248. The molecule has 4 heterocycles. The molecule has 1 N–H and O–H groups in total. The third-order valence-electron chi connectivity index (χ3n) is 6.00. The van der Waals surface area contributed by atoms with Gasteiger partial charge in [-0.3, -0.25) is 9.59 Å². The molecule has 33 heavy (non-hydrogen) atoms. The topological polar surface area (TPSA) is 80.1 Å². The molecule has 0 aliphatic carbocycles. The zero-order chi connectivity index (χ0) is 22.9. The van der Waals surface area contributed by atoms with Gasteiger partial charge in [0.15, 0.2) is 0 Å². The first-order valence-corrected chi connectivity index (χ1v) is 11.9. The number of pyridine rings is 1. The highest BCUT2D eigenvalue weighted by Crippen LogP contribution is 2.32. The van der Waals surface area contributed by atoms with Crippen LogP contribution >= 0.6 is 11.3 Å². The second-order valence-electron chi connectivity index (χ2n) is 8.46. The SMILES string of the molecule is Cc1ccc(NC(=O)C2CCCN(C(=O)c3cc4c(C)nn(-c5ccccc5)c4s3)C2)nc1. The summed E-state index contributed by atoms with van der Waals surface area (Å²) in [7, 11) is 0. The molecule has 1 aromatic carbocycles. The summed E-state index contributed by atoms with van der Waals surface area (Å²) in [6.45, 7) is 4.98. The molecule has 0 bridgehead atoms. The van der Waals surface area contributed by atoms with E-state index >= 15 is 0 Å². The number of fused-ring (bicyclic) bond motifs is 1. The van der Waals surface area contributed by atoms with Crippen LogP contribution in [0.1, 0.15) is 33.8 Å². The summed E-state index contributed by atoms with van der Waals surface area (Å²) in [5.41, 5.74) is 2.90. The predicted molar refractivity (Wildman–Crippen MR) is 130 cm³/mol. The Kier molecular flexibility index (Phi) is 5.68. The van der Waals surface area contributed by atoms with Gasteiger partial charge in [-0.05, 0) is 56.5 Å². The van der Waals surface area contributed by atoms with Crippen molar-refractivity contribution in [3.63, 3.8) is 0 Å². The number of thiophene rings is 1. The molecular formula is C25H25N5O2S. The molecule has 1 fully saturated rings. The smallest absolute Gasteiger partial charge is 0.264 e. The number of anilines is 1. The normalized spacial score (nSPS) is 16.2. The van der Waals surface area contributed by atoms with Crippen LogP contribution in [0.3, 0.4) is 0 Å². The summed E-state index contributed by atoms with van der Waals surface area (Å²) >= 11 is 1.45. The molecule has 1 atom stereocenters. The van der Waals surface area contributed by atoms with Crippen LogP contribution in [0.2, 0.25) is 0 Å². The number of likely N-dealkylation sites (tertiary alicyclic amines) is 1. The van der Waals surface area contributed by atoms with Crippen LogP contribution in [0.4, 0.5) is 5.82 Å². The first-order valence-electron chi connectivity index (χ1n) is 11.1. The standard InChI is InChI=1S/C25H25N5O2S/c1-16-10-11-22(26-14-16)27-23(31)18-7-6-12-29(15-18)24(32)21-13-20-17(2)28-30(25(20)33-21)19-8-4-3-5-9-19/h3-5,8-11,13-14,18H,6-7,12,15H2,1-2H3,(H,26,27,31). The van der Waals surface area contributed by atoms with Crippen molar-refractivity contribution in [1.82, 2.24) is 19.7 Å². The average molecular weight is 460 g/mol. The molecule has 0 spiro atoms. The van der Waals surface area contributed by atoms with E-state index in [-0.39, 0.29) is 17.7 Å². The van der Waals surface area contributed by atoms with Crippen LogP contribution in [0.15, 0.2) is 54.7 Å². The van der Waals surface area contributed by atoms with Gasteiger partial charge in [-0.15, -0.1) is 11.3 Å². The number of nitrogens with one attached hydrogen (secondary N) is 1. The number of hydrogen-bond acceptors (Lipinski definition) is 5. The van der Waals surface area contributed by atoms with Gasteiger partial charge in [-0.2, -0.15) is 5.10 Å². The number of carbonyl (C=O) groups excluding carboxylic acids is 2. The van der Waals surface area contributed by atoms with Gasteiger partial charge in [-0.25, -0.2) is 9.67 Å². The van der Waals surface area contributed by atoms with Crippen molar-refractivity contribution in [2.75, 3.05) is 18.4 Å². The van der Waals surface area contributed by atoms with Crippen LogP contribution in [0.25, 0.3) is 15.9 Å². The number of piperidine rings is 1. The fourth-order valence-electron chi connectivity index (χ4n) is 4.20. The van der Waals surface area contributed by atoms with Crippen molar-refractivity contribution < 1.29 is 9.59 Å². The summed E-state index contributed by atoms with van der Waals surface area (Å²) in [6.07, 6.45) is 3.29. The van der Waals surface area contributed by atoms with Gasteiger partial charge in [0, 0.05) is 24.7 Å². The minimum Gasteiger partial charge on any atom is -0.337 e. The van der Waals surface area contributed by atoms with Gasteiger partial charge in [0.1, 0.15) is 10.6 Å². The number of carbonyl (C=O) groups is 2. The summed E-state index contributed by atoms with van der Waals surface area (Å²) in [4.78, 5) is 33.9. The number of amides is 2. The zero-order valence-corrected chi connectivity index (χ0v) is 19.4. The minimum absolute atomic E-state index is 0.0267. The Hall–Kier alpha value is -3.52. The van der Waals surface area contributed by atoms with Crippen LogP contribution in [-0.4, -0.2) is 44.6 Å². The zero-order valence-electron chi connectivity index (χ0n) is 18.6. The number of benzene rings is 1. The van der Waals surface area contributed by atoms with Gasteiger partial charge in [0.25, 0.3) is 5.91 Å². The molecule has 1 saturated heterocycles. The number of para-hydroxylation sites is 1. The van der Waals surface area contributed by atoms with Crippen LogP contribution in [0, 0.1) is 19.8 Å². The van der Waals surface area contributed by atoms with E-state index in [1.807, 2.05) is 61.0 Å². The van der Waals surface area contributed by atoms with Gasteiger partial charge in [-0.1, -0.05) is 24.3 Å². The lowest BCUT2D eigenvalue weighted by molar-refractivity contribution is -0.121. The second-order valence-corrected chi connectivity index (χ2v) is 9.49. The van der Waals surface area contributed by atoms with Crippen LogP contribution in [-0.2, 0) is 4.79 Å². The summed E-state index contributed by atoms with van der Waals surface area (Å²) in [5, 5.41) is 8.54.